The molecule has 1 aliphatic carbocycles. The van der Waals surface area contributed by atoms with E-state index in [2.05, 4.69) is 27.1 Å². The highest BCUT2D eigenvalue weighted by atomic mass is 16.2. The van der Waals surface area contributed by atoms with Crippen molar-refractivity contribution >= 4 is 11.9 Å². The summed E-state index contributed by atoms with van der Waals surface area (Å²) in [5.74, 6) is 1.33. The summed E-state index contributed by atoms with van der Waals surface area (Å²) in [5.41, 5.74) is 0.461. The van der Waals surface area contributed by atoms with E-state index in [-0.39, 0.29) is 17.4 Å². The summed E-state index contributed by atoms with van der Waals surface area (Å²) in [4.78, 5) is 32.7. The maximum atomic E-state index is 11.8. The van der Waals surface area contributed by atoms with E-state index in [0.29, 0.717) is 24.1 Å². The summed E-state index contributed by atoms with van der Waals surface area (Å²) >= 11 is 0. The average molecular weight is 276 g/mol. The zero-order chi connectivity index (χ0) is 14.1. The van der Waals surface area contributed by atoms with E-state index >= 15 is 0 Å². The van der Waals surface area contributed by atoms with E-state index in [4.69, 9.17) is 0 Å². The Hall–Kier alpha value is -1.85. The van der Waals surface area contributed by atoms with Gasteiger partial charge in [0, 0.05) is 25.1 Å². The van der Waals surface area contributed by atoms with Gasteiger partial charge in [-0.15, -0.1) is 0 Å². The van der Waals surface area contributed by atoms with Gasteiger partial charge >= 0.3 is 0 Å². The van der Waals surface area contributed by atoms with Crippen molar-refractivity contribution < 1.29 is 4.79 Å². The Morgan fingerprint density at radius 3 is 2.85 bits per heavy atom. The largest absolute Gasteiger partial charge is 0.350 e. The third-order valence-corrected chi connectivity index (χ3v) is 4.08. The molecule has 1 aromatic rings. The van der Waals surface area contributed by atoms with Crippen LogP contribution < -0.4 is 15.8 Å². The Morgan fingerprint density at radius 1 is 1.50 bits per heavy atom. The molecule has 1 amide bonds. The van der Waals surface area contributed by atoms with Crippen LogP contribution in [0.1, 0.15) is 31.9 Å². The molecule has 2 aliphatic rings. The van der Waals surface area contributed by atoms with Crippen LogP contribution in [0, 0.1) is 11.8 Å². The number of amides is 1. The van der Waals surface area contributed by atoms with E-state index in [9.17, 15) is 9.59 Å². The van der Waals surface area contributed by atoms with Crippen molar-refractivity contribution in [2.24, 2.45) is 11.8 Å². The van der Waals surface area contributed by atoms with Gasteiger partial charge in [0.15, 0.2) is 0 Å². The second-order valence-corrected chi connectivity index (χ2v) is 5.79. The molecule has 0 bridgehead atoms. The second kappa shape index (κ2) is 5.26. The van der Waals surface area contributed by atoms with Gasteiger partial charge in [-0.2, -0.15) is 0 Å². The van der Waals surface area contributed by atoms with Crippen molar-refractivity contribution in [3.8, 4) is 0 Å². The lowest BCUT2D eigenvalue weighted by molar-refractivity contribution is -0.122. The van der Waals surface area contributed by atoms with Crippen LogP contribution >= 0.6 is 0 Å². The minimum Gasteiger partial charge on any atom is -0.350 e. The van der Waals surface area contributed by atoms with Crippen molar-refractivity contribution in [1.29, 1.82) is 0 Å². The molecule has 1 saturated carbocycles. The van der Waals surface area contributed by atoms with Crippen LogP contribution in [0.25, 0.3) is 0 Å². The predicted molar refractivity (Wildman–Crippen MR) is 75.4 cm³/mol. The Labute approximate surface area is 117 Å². The van der Waals surface area contributed by atoms with E-state index in [0.717, 1.165) is 32.4 Å². The lowest BCUT2D eigenvalue weighted by Crippen LogP contribution is -2.28. The first-order chi connectivity index (χ1) is 9.63. The summed E-state index contributed by atoms with van der Waals surface area (Å²) in [6.45, 7) is 4.25. The van der Waals surface area contributed by atoms with Crippen LogP contribution in [-0.4, -0.2) is 29.0 Å². The van der Waals surface area contributed by atoms with Gasteiger partial charge in [0.1, 0.15) is 0 Å². The molecular weight excluding hydrogens is 256 g/mol. The number of nitrogens with zero attached hydrogens (tertiary/aromatic N) is 2. The number of carbonyl (C=O) groups excluding carboxylic acids is 1. The van der Waals surface area contributed by atoms with Crippen molar-refractivity contribution in [1.82, 2.24) is 15.3 Å². The highest BCUT2D eigenvalue weighted by Gasteiger charge is 2.38. The molecule has 0 spiro atoms. The van der Waals surface area contributed by atoms with Crippen molar-refractivity contribution in [3.05, 3.63) is 22.1 Å². The fraction of sp³-hybridized carbons (Fsp3) is 0.643. The van der Waals surface area contributed by atoms with Gasteiger partial charge < -0.3 is 10.2 Å². The molecule has 2 heterocycles. The first-order valence-electron chi connectivity index (χ1n) is 7.26. The van der Waals surface area contributed by atoms with Gasteiger partial charge in [-0.25, -0.2) is 4.98 Å². The SMILES string of the molecule is CC1CC1C(=O)NCc1cc(=O)[nH]c(N2CCCC2)n1. The topological polar surface area (TPSA) is 78.1 Å². The number of anilines is 1. The number of rotatable bonds is 4. The molecule has 0 aromatic carbocycles. The fourth-order valence-corrected chi connectivity index (χ4v) is 2.66. The standard InChI is InChI=1S/C14H20N4O2/c1-9-6-11(9)13(20)15-8-10-7-12(19)17-14(16-10)18-4-2-3-5-18/h7,9,11H,2-6,8H2,1H3,(H,15,20)(H,16,17,19). The van der Waals surface area contributed by atoms with Gasteiger partial charge in [-0.1, -0.05) is 6.92 Å². The summed E-state index contributed by atoms with van der Waals surface area (Å²) in [6.07, 6.45) is 3.22. The summed E-state index contributed by atoms with van der Waals surface area (Å²) in [7, 11) is 0. The lowest BCUT2D eigenvalue weighted by atomic mass is 10.3. The van der Waals surface area contributed by atoms with Crippen LogP contribution in [0.4, 0.5) is 5.95 Å². The van der Waals surface area contributed by atoms with Crippen LogP contribution in [-0.2, 0) is 11.3 Å². The molecule has 2 unspecified atom stereocenters. The Kier molecular flexibility index (Phi) is 3.46. The minimum atomic E-state index is -0.161. The summed E-state index contributed by atoms with van der Waals surface area (Å²) < 4.78 is 0. The molecule has 1 aliphatic heterocycles. The molecule has 2 fully saturated rings. The number of aromatic amines is 1. The number of aromatic nitrogens is 2. The van der Waals surface area contributed by atoms with Crippen LogP contribution in [0.15, 0.2) is 10.9 Å². The number of H-pyrrole nitrogens is 1. The van der Waals surface area contributed by atoms with Crippen LogP contribution in [0.3, 0.4) is 0 Å². The fourth-order valence-electron chi connectivity index (χ4n) is 2.66. The Morgan fingerprint density at radius 2 is 2.20 bits per heavy atom. The maximum absolute atomic E-state index is 11.8. The molecular formula is C14H20N4O2. The van der Waals surface area contributed by atoms with Crippen molar-refractivity contribution in [2.75, 3.05) is 18.0 Å². The summed E-state index contributed by atoms with van der Waals surface area (Å²) in [6, 6.07) is 1.45. The first-order valence-corrected chi connectivity index (χ1v) is 7.26. The Balaban J connectivity index is 1.66. The zero-order valence-corrected chi connectivity index (χ0v) is 11.7. The van der Waals surface area contributed by atoms with Crippen molar-refractivity contribution in [3.63, 3.8) is 0 Å². The molecule has 20 heavy (non-hydrogen) atoms. The number of hydrogen-bond donors (Lipinski definition) is 2. The molecule has 1 saturated heterocycles. The monoisotopic (exact) mass is 276 g/mol. The highest BCUT2D eigenvalue weighted by molar-refractivity contribution is 5.81. The van der Waals surface area contributed by atoms with Crippen LogP contribution in [0.2, 0.25) is 0 Å². The number of hydrogen-bond acceptors (Lipinski definition) is 4. The van der Waals surface area contributed by atoms with Gasteiger partial charge in [-0.3, -0.25) is 14.6 Å². The molecule has 108 valence electrons. The second-order valence-electron chi connectivity index (χ2n) is 5.79. The van der Waals surface area contributed by atoms with E-state index in [1.807, 2.05) is 0 Å². The molecule has 2 N–H and O–H groups in total. The molecule has 2 atom stereocenters. The van der Waals surface area contributed by atoms with Gasteiger partial charge in [0.2, 0.25) is 11.9 Å². The molecule has 3 rings (SSSR count). The average Bonchev–Trinajstić information content (AvgIpc) is 2.93. The van der Waals surface area contributed by atoms with Gasteiger partial charge in [0.05, 0.1) is 12.2 Å². The Bertz CT molecular complexity index is 563. The molecule has 0 radical (unpaired) electrons. The quantitative estimate of drug-likeness (QED) is 0.846. The van der Waals surface area contributed by atoms with E-state index in [1.165, 1.54) is 6.07 Å². The third-order valence-electron chi connectivity index (χ3n) is 4.08. The zero-order valence-electron chi connectivity index (χ0n) is 11.7. The number of carbonyl (C=O) groups is 1. The lowest BCUT2D eigenvalue weighted by Gasteiger charge is -2.16. The van der Waals surface area contributed by atoms with Gasteiger partial charge in [0.25, 0.3) is 5.56 Å². The third kappa shape index (κ3) is 2.84. The van der Waals surface area contributed by atoms with E-state index < -0.39 is 0 Å². The predicted octanol–water partition coefficient (Wildman–Crippen LogP) is 0.642. The maximum Gasteiger partial charge on any atom is 0.252 e. The molecule has 1 aromatic heterocycles. The highest BCUT2D eigenvalue weighted by Crippen LogP contribution is 2.37. The molecule has 6 nitrogen and oxygen atoms in total. The number of nitrogens with one attached hydrogen (secondary N) is 2. The smallest absolute Gasteiger partial charge is 0.252 e. The normalized spacial score (nSPS) is 24.8. The molecule has 6 heteroatoms. The van der Waals surface area contributed by atoms with Crippen LogP contribution in [0.5, 0.6) is 0 Å². The minimum absolute atomic E-state index is 0.0716. The first kappa shape index (κ1) is 13.1. The van der Waals surface area contributed by atoms with Crippen molar-refractivity contribution in [2.45, 2.75) is 32.7 Å². The summed E-state index contributed by atoms with van der Waals surface area (Å²) in [5, 5.41) is 2.86. The van der Waals surface area contributed by atoms with E-state index in [1.54, 1.807) is 0 Å². The van der Waals surface area contributed by atoms with Gasteiger partial charge in [-0.05, 0) is 25.2 Å².